The summed E-state index contributed by atoms with van der Waals surface area (Å²) in [6.45, 7) is 0. The van der Waals surface area contributed by atoms with Crippen LogP contribution in [0.25, 0.3) is 11.3 Å². The Hall–Kier alpha value is -3.16. The number of unbranched alkanes of at least 4 members (excludes halogenated alkanes) is 2. The van der Waals surface area contributed by atoms with Crippen LogP contribution in [0, 0.1) is 5.82 Å². The molecule has 3 heterocycles. The first-order valence-corrected chi connectivity index (χ1v) is 10.3. The lowest BCUT2D eigenvalue weighted by Gasteiger charge is -2.27. The maximum Gasteiger partial charge on any atom is 0.228 e. The van der Waals surface area contributed by atoms with E-state index in [9.17, 15) is 14.0 Å². The van der Waals surface area contributed by atoms with Gasteiger partial charge in [0.25, 0.3) is 0 Å². The van der Waals surface area contributed by atoms with Crippen molar-refractivity contribution < 1.29 is 18.7 Å². The number of hydrogen-bond donors (Lipinski definition) is 3. The van der Waals surface area contributed by atoms with E-state index >= 15 is 0 Å². The number of ketones is 1. The predicted molar refractivity (Wildman–Crippen MR) is 108 cm³/mol. The molecule has 1 aromatic heterocycles. The first-order chi connectivity index (χ1) is 14.6. The molecule has 8 heteroatoms. The number of nitrogens with one attached hydrogen (secondary N) is 3. The van der Waals surface area contributed by atoms with E-state index in [4.69, 9.17) is 4.74 Å². The van der Waals surface area contributed by atoms with Gasteiger partial charge in [-0.05, 0) is 49.1 Å². The molecule has 30 heavy (non-hydrogen) atoms. The molecule has 2 atom stereocenters. The molecule has 2 aromatic rings. The SMILES string of the molecule is O=C1CC[C@](CCCCCC(=O)C2NC=CO2)(c2ncc(-c3ccc(F)cc3)[nH]2)N1. The number of carbonyl (C=O) groups is 2. The molecule has 158 valence electrons. The lowest BCUT2D eigenvalue weighted by molar-refractivity contribution is -0.127. The smallest absolute Gasteiger partial charge is 0.228 e. The molecular weight excluding hydrogens is 387 g/mol. The first-order valence-electron chi connectivity index (χ1n) is 10.3. The number of aromatic nitrogens is 2. The fourth-order valence-electron chi connectivity index (χ4n) is 4.03. The van der Waals surface area contributed by atoms with Crippen LogP contribution in [0.2, 0.25) is 0 Å². The van der Waals surface area contributed by atoms with Gasteiger partial charge in [-0.2, -0.15) is 0 Å². The zero-order valence-electron chi connectivity index (χ0n) is 16.6. The number of imidazole rings is 1. The molecule has 1 aromatic carbocycles. The van der Waals surface area contributed by atoms with Crippen molar-refractivity contribution in [3.63, 3.8) is 0 Å². The van der Waals surface area contributed by atoms with Gasteiger partial charge in [0.15, 0.2) is 5.78 Å². The number of ether oxygens (including phenoxy) is 1. The highest BCUT2D eigenvalue weighted by Gasteiger charge is 2.41. The van der Waals surface area contributed by atoms with Gasteiger partial charge < -0.3 is 20.4 Å². The third-order valence-corrected chi connectivity index (χ3v) is 5.69. The summed E-state index contributed by atoms with van der Waals surface area (Å²) in [7, 11) is 0. The van der Waals surface area contributed by atoms with Crippen molar-refractivity contribution in [3.8, 4) is 11.3 Å². The summed E-state index contributed by atoms with van der Waals surface area (Å²) >= 11 is 0. The summed E-state index contributed by atoms with van der Waals surface area (Å²) in [5.74, 6) is 0.488. The third-order valence-electron chi connectivity index (χ3n) is 5.69. The largest absolute Gasteiger partial charge is 0.469 e. The molecule has 2 aliphatic rings. The van der Waals surface area contributed by atoms with Gasteiger partial charge in [0.2, 0.25) is 12.1 Å². The van der Waals surface area contributed by atoms with E-state index in [1.54, 1.807) is 24.5 Å². The molecular formula is C22H25FN4O3. The number of benzene rings is 1. The quantitative estimate of drug-likeness (QED) is 0.550. The van der Waals surface area contributed by atoms with Crippen LogP contribution in [-0.4, -0.2) is 27.9 Å². The maximum atomic E-state index is 13.2. The summed E-state index contributed by atoms with van der Waals surface area (Å²) in [6, 6.07) is 6.21. The highest BCUT2D eigenvalue weighted by atomic mass is 19.1. The van der Waals surface area contributed by atoms with Crippen molar-refractivity contribution in [2.45, 2.75) is 56.7 Å². The molecule has 4 rings (SSSR count). The zero-order chi connectivity index (χ0) is 21.0. The summed E-state index contributed by atoms with van der Waals surface area (Å²) in [5.41, 5.74) is 1.10. The van der Waals surface area contributed by atoms with Gasteiger partial charge in [-0.1, -0.05) is 12.8 Å². The standard InChI is InChI=1S/C22H25FN4O3/c23-16-7-5-15(6-8-16)17-14-25-21(26-17)22(11-9-19(29)27-22)10-3-1-2-4-18(28)20-24-12-13-30-20/h5-8,12-14,20,24H,1-4,9-11H2,(H,25,26)(H,27,29)/t20?,22-/m1/s1. The minimum absolute atomic E-state index is 0.0156. The number of nitrogens with zero attached hydrogens (tertiary/aromatic N) is 1. The van der Waals surface area contributed by atoms with Crippen molar-refractivity contribution in [1.29, 1.82) is 0 Å². The van der Waals surface area contributed by atoms with Gasteiger partial charge >= 0.3 is 0 Å². The summed E-state index contributed by atoms with van der Waals surface area (Å²) in [6.07, 6.45) is 9.09. The van der Waals surface area contributed by atoms with Gasteiger partial charge in [0.1, 0.15) is 17.9 Å². The van der Waals surface area contributed by atoms with Crippen molar-refractivity contribution in [2.75, 3.05) is 0 Å². The predicted octanol–water partition coefficient (Wildman–Crippen LogP) is 3.26. The van der Waals surface area contributed by atoms with Crippen LogP contribution in [0.1, 0.15) is 50.8 Å². The fraction of sp³-hybridized carbons (Fsp3) is 0.409. The minimum Gasteiger partial charge on any atom is -0.469 e. The number of amides is 1. The van der Waals surface area contributed by atoms with Crippen LogP contribution in [0.15, 0.2) is 42.9 Å². The Morgan fingerprint density at radius 1 is 1.23 bits per heavy atom. The van der Waals surface area contributed by atoms with Gasteiger partial charge in [0, 0.05) is 19.0 Å². The lowest BCUT2D eigenvalue weighted by Crippen LogP contribution is -2.39. The monoisotopic (exact) mass is 412 g/mol. The number of aromatic amines is 1. The second kappa shape index (κ2) is 8.69. The van der Waals surface area contributed by atoms with Crippen LogP contribution in [-0.2, 0) is 19.9 Å². The highest BCUT2D eigenvalue weighted by molar-refractivity contribution is 5.83. The molecule has 0 saturated carbocycles. The molecule has 0 spiro atoms. The van der Waals surface area contributed by atoms with Crippen LogP contribution in [0.3, 0.4) is 0 Å². The Bertz CT molecular complexity index is 932. The average Bonchev–Trinajstić information content (AvgIpc) is 3.50. The maximum absolute atomic E-state index is 13.2. The molecule has 2 aliphatic heterocycles. The van der Waals surface area contributed by atoms with E-state index in [-0.39, 0.29) is 17.5 Å². The van der Waals surface area contributed by atoms with Crippen molar-refractivity contribution in [2.24, 2.45) is 0 Å². The minimum atomic E-state index is -0.557. The highest BCUT2D eigenvalue weighted by Crippen LogP contribution is 2.35. The molecule has 0 aliphatic carbocycles. The van der Waals surface area contributed by atoms with Gasteiger partial charge in [-0.25, -0.2) is 9.37 Å². The Balaban J connectivity index is 1.35. The van der Waals surface area contributed by atoms with Crippen LogP contribution < -0.4 is 10.6 Å². The van der Waals surface area contributed by atoms with E-state index in [1.165, 1.54) is 18.4 Å². The fourth-order valence-corrected chi connectivity index (χ4v) is 4.03. The Morgan fingerprint density at radius 2 is 2.07 bits per heavy atom. The number of hydrogen-bond acceptors (Lipinski definition) is 5. The number of rotatable bonds is 9. The Kier molecular flexibility index (Phi) is 5.83. The third kappa shape index (κ3) is 4.37. The van der Waals surface area contributed by atoms with E-state index in [2.05, 4.69) is 20.6 Å². The van der Waals surface area contributed by atoms with Gasteiger partial charge in [-0.15, -0.1) is 0 Å². The summed E-state index contributed by atoms with van der Waals surface area (Å²) < 4.78 is 18.4. The van der Waals surface area contributed by atoms with Crippen LogP contribution >= 0.6 is 0 Å². The molecule has 1 saturated heterocycles. The molecule has 0 radical (unpaired) electrons. The molecule has 3 N–H and O–H groups in total. The van der Waals surface area contributed by atoms with Gasteiger partial charge in [-0.3, -0.25) is 9.59 Å². The Morgan fingerprint density at radius 3 is 2.77 bits per heavy atom. The number of H-pyrrole nitrogens is 1. The molecule has 1 amide bonds. The van der Waals surface area contributed by atoms with E-state index in [0.29, 0.717) is 19.3 Å². The molecule has 0 bridgehead atoms. The normalized spacial score (nSPS) is 22.6. The molecule has 1 fully saturated rings. The summed E-state index contributed by atoms with van der Waals surface area (Å²) in [5, 5.41) is 5.96. The van der Waals surface area contributed by atoms with E-state index < -0.39 is 11.8 Å². The lowest BCUT2D eigenvalue weighted by atomic mass is 9.89. The Labute approximate surface area is 174 Å². The van der Waals surface area contributed by atoms with Crippen molar-refractivity contribution in [3.05, 3.63) is 54.6 Å². The number of carbonyl (C=O) groups excluding carboxylic acids is 2. The van der Waals surface area contributed by atoms with Crippen LogP contribution in [0.5, 0.6) is 0 Å². The molecule has 7 nitrogen and oxygen atoms in total. The molecule has 1 unspecified atom stereocenters. The van der Waals surface area contributed by atoms with Crippen molar-refractivity contribution >= 4 is 11.7 Å². The number of halogens is 1. The first kappa shape index (κ1) is 20.1. The second-order valence-corrected chi connectivity index (χ2v) is 7.80. The van der Waals surface area contributed by atoms with Crippen molar-refractivity contribution in [1.82, 2.24) is 20.6 Å². The number of Topliss-reactive ketones (excluding diaryl/α,β-unsaturated/α-hetero) is 1. The van der Waals surface area contributed by atoms with E-state index in [1.807, 2.05) is 0 Å². The van der Waals surface area contributed by atoms with E-state index in [0.717, 1.165) is 42.8 Å². The van der Waals surface area contributed by atoms with Crippen LogP contribution in [0.4, 0.5) is 4.39 Å². The summed E-state index contributed by atoms with van der Waals surface area (Å²) in [4.78, 5) is 31.9. The van der Waals surface area contributed by atoms with Gasteiger partial charge in [0.05, 0.1) is 17.4 Å². The zero-order valence-corrected chi connectivity index (χ0v) is 16.6. The second-order valence-electron chi connectivity index (χ2n) is 7.80. The topological polar surface area (TPSA) is 96.1 Å². The average molecular weight is 412 g/mol.